The summed E-state index contributed by atoms with van der Waals surface area (Å²) >= 11 is 0. The number of rotatable bonds is 4. The Morgan fingerprint density at radius 2 is 1.96 bits per heavy atom. The van der Waals surface area contributed by atoms with Crippen LogP contribution in [0, 0.1) is 12.8 Å². The first-order valence-corrected chi connectivity index (χ1v) is 8.15. The van der Waals surface area contributed by atoms with Crippen molar-refractivity contribution in [2.24, 2.45) is 11.7 Å². The minimum atomic E-state index is -0.447. The Morgan fingerprint density at radius 3 is 2.52 bits per heavy atom. The number of nitrogens with zero attached hydrogens (tertiary/aromatic N) is 2. The Labute approximate surface area is 137 Å². The molecule has 1 unspecified atom stereocenters. The number of amides is 2. The van der Waals surface area contributed by atoms with E-state index in [2.05, 4.69) is 10.3 Å². The molecule has 0 aliphatic carbocycles. The van der Waals surface area contributed by atoms with Crippen molar-refractivity contribution < 1.29 is 9.59 Å². The summed E-state index contributed by atoms with van der Waals surface area (Å²) < 4.78 is 0. The predicted molar refractivity (Wildman–Crippen MR) is 88.9 cm³/mol. The molecule has 6 nitrogen and oxygen atoms in total. The highest BCUT2D eigenvalue weighted by atomic mass is 16.2. The highest BCUT2D eigenvalue weighted by molar-refractivity contribution is 5.94. The number of carbonyl (C=O) groups excluding carboxylic acids is 2. The van der Waals surface area contributed by atoms with Crippen molar-refractivity contribution in [3.05, 3.63) is 29.6 Å². The minimum Gasteiger partial charge on any atom is -0.349 e. The molecule has 0 aromatic carbocycles. The fourth-order valence-corrected chi connectivity index (χ4v) is 2.99. The van der Waals surface area contributed by atoms with Crippen LogP contribution in [0.25, 0.3) is 0 Å². The van der Waals surface area contributed by atoms with Gasteiger partial charge in [0.2, 0.25) is 5.91 Å². The largest absolute Gasteiger partial charge is 0.349 e. The lowest BCUT2D eigenvalue weighted by atomic mass is 9.90. The van der Waals surface area contributed by atoms with Crippen molar-refractivity contribution in [3.8, 4) is 0 Å². The molecule has 1 fully saturated rings. The number of nitrogens with two attached hydrogens (primary N) is 1. The van der Waals surface area contributed by atoms with E-state index >= 15 is 0 Å². The summed E-state index contributed by atoms with van der Waals surface area (Å²) in [6.07, 6.45) is 5.07. The van der Waals surface area contributed by atoms with Gasteiger partial charge in [-0.3, -0.25) is 14.6 Å². The molecular formula is C17H26N4O2. The van der Waals surface area contributed by atoms with Crippen molar-refractivity contribution in [3.63, 3.8) is 0 Å². The zero-order chi connectivity index (χ0) is 17.0. The Morgan fingerprint density at radius 1 is 1.30 bits per heavy atom. The van der Waals surface area contributed by atoms with Crippen LogP contribution in [0.2, 0.25) is 0 Å². The van der Waals surface area contributed by atoms with E-state index in [0.717, 1.165) is 18.4 Å². The van der Waals surface area contributed by atoms with Crippen molar-refractivity contribution in [1.82, 2.24) is 15.2 Å². The Hall–Kier alpha value is -1.95. The minimum absolute atomic E-state index is 0.00553. The maximum Gasteiger partial charge on any atom is 0.253 e. The Kier molecular flexibility index (Phi) is 5.71. The number of aryl methyl sites for hydroxylation is 1. The number of aromatic nitrogens is 1. The molecule has 0 spiro atoms. The molecule has 0 radical (unpaired) electrons. The molecule has 2 rings (SSSR count). The number of nitrogens with one attached hydrogen (secondary N) is 1. The van der Waals surface area contributed by atoms with Gasteiger partial charge in [0.1, 0.15) is 0 Å². The van der Waals surface area contributed by atoms with Crippen LogP contribution in [0.4, 0.5) is 0 Å². The Balaban J connectivity index is 1.86. The fourth-order valence-electron chi connectivity index (χ4n) is 2.99. The van der Waals surface area contributed by atoms with Gasteiger partial charge in [-0.05, 0) is 51.2 Å². The number of hydrogen-bond donors (Lipinski definition) is 2. The highest BCUT2D eigenvalue weighted by Crippen LogP contribution is 2.21. The fraction of sp³-hybridized carbons (Fsp3) is 0.588. The summed E-state index contributed by atoms with van der Waals surface area (Å²) in [6.45, 7) is 7.06. The third-order valence-corrected chi connectivity index (χ3v) is 4.44. The summed E-state index contributed by atoms with van der Waals surface area (Å²) in [5.41, 5.74) is 7.20. The van der Waals surface area contributed by atoms with Gasteiger partial charge in [-0.15, -0.1) is 0 Å². The second kappa shape index (κ2) is 7.55. The van der Waals surface area contributed by atoms with E-state index in [9.17, 15) is 9.59 Å². The number of piperidine rings is 1. The maximum absolute atomic E-state index is 12.3. The third kappa shape index (κ3) is 4.51. The highest BCUT2D eigenvalue weighted by Gasteiger charge is 2.28. The second-order valence-corrected chi connectivity index (χ2v) is 6.46. The van der Waals surface area contributed by atoms with Crippen molar-refractivity contribution in [2.75, 3.05) is 13.1 Å². The molecular weight excluding hydrogens is 292 g/mol. The molecule has 1 aliphatic heterocycles. The van der Waals surface area contributed by atoms with Crippen molar-refractivity contribution >= 4 is 11.8 Å². The van der Waals surface area contributed by atoms with Gasteiger partial charge in [0.25, 0.3) is 5.91 Å². The summed E-state index contributed by atoms with van der Waals surface area (Å²) in [4.78, 5) is 30.0. The average molecular weight is 318 g/mol. The molecule has 126 valence electrons. The topological polar surface area (TPSA) is 88.3 Å². The van der Waals surface area contributed by atoms with Gasteiger partial charge in [-0.25, -0.2) is 0 Å². The lowest BCUT2D eigenvalue weighted by molar-refractivity contribution is -0.133. The molecule has 0 bridgehead atoms. The SMILES string of the molecule is Cc1cncc(C(=O)NC(C)C2CCN(C(=O)[C@H](C)N)CC2)c1. The lowest BCUT2D eigenvalue weighted by Crippen LogP contribution is -2.49. The number of likely N-dealkylation sites (tertiary alicyclic amines) is 1. The van der Waals surface area contributed by atoms with Gasteiger partial charge in [0.05, 0.1) is 11.6 Å². The van der Waals surface area contributed by atoms with Crippen molar-refractivity contribution in [1.29, 1.82) is 0 Å². The normalized spacial score (nSPS) is 18.3. The smallest absolute Gasteiger partial charge is 0.253 e. The van der Waals surface area contributed by atoms with Gasteiger partial charge in [0.15, 0.2) is 0 Å². The zero-order valence-electron chi connectivity index (χ0n) is 14.1. The molecule has 1 saturated heterocycles. The van der Waals surface area contributed by atoms with Crippen LogP contribution < -0.4 is 11.1 Å². The van der Waals surface area contributed by atoms with E-state index in [1.54, 1.807) is 19.3 Å². The summed E-state index contributed by atoms with van der Waals surface area (Å²) in [7, 11) is 0. The molecule has 1 aromatic heterocycles. The number of hydrogen-bond acceptors (Lipinski definition) is 4. The number of pyridine rings is 1. The van der Waals surface area contributed by atoms with Crippen LogP contribution in [0.5, 0.6) is 0 Å². The van der Waals surface area contributed by atoms with Crippen LogP contribution in [0.3, 0.4) is 0 Å². The summed E-state index contributed by atoms with van der Waals surface area (Å²) in [5.74, 6) is 0.280. The van der Waals surface area contributed by atoms with Crippen LogP contribution >= 0.6 is 0 Å². The molecule has 2 atom stereocenters. The first-order chi connectivity index (χ1) is 10.9. The van der Waals surface area contributed by atoms with Gasteiger partial charge >= 0.3 is 0 Å². The third-order valence-electron chi connectivity index (χ3n) is 4.44. The quantitative estimate of drug-likeness (QED) is 0.870. The van der Waals surface area contributed by atoms with E-state index in [0.29, 0.717) is 24.6 Å². The zero-order valence-corrected chi connectivity index (χ0v) is 14.1. The number of carbonyl (C=O) groups is 2. The van der Waals surface area contributed by atoms with Crippen LogP contribution in [0.15, 0.2) is 18.5 Å². The molecule has 0 saturated carbocycles. The van der Waals surface area contributed by atoms with Crippen LogP contribution in [-0.4, -0.2) is 46.9 Å². The first-order valence-electron chi connectivity index (χ1n) is 8.15. The lowest BCUT2D eigenvalue weighted by Gasteiger charge is -2.35. The monoisotopic (exact) mass is 318 g/mol. The predicted octanol–water partition coefficient (Wildman–Crippen LogP) is 1.09. The van der Waals surface area contributed by atoms with Gasteiger partial charge < -0.3 is 16.0 Å². The first kappa shape index (κ1) is 17.4. The average Bonchev–Trinajstić information content (AvgIpc) is 2.54. The van der Waals surface area contributed by atoms with Crippen LogP contribution in [0.1, 0.15) is 42.6 Å². The van der Waals surface area contributed by atoms with E-state index in [-0.39, 0.29) is 17.9 Å². The van der Waals surface area contributed by atoms with E-state index in [4.69, 9.17) is 5.73 Å². The molecule has 1 aromatic rings. The van der Waals surface area contributed by atoms with Crippen molar-refractivity contribution in [2.45, 2.75) is 45.7 Å². The van der Waals surface area contributed by atoms with E-state index in [1.807, 2.05) is 24.8 Å². The molecule has 3 N–H and O–H groups in total. The van der Waals surface area contributed by atoms with Gasteiger partial charge in [-0.2, -0.15) is 0 Å². The molecule has 2 amide bonds. The molecule has 1 aliphatic rings. The molecule has 2 heterocycles. The van der Waals surface area contributed by atoms with E-state index < -0.39 is 6.04 Å². The van der Waals surface area contributed by atoms with Gasteiger partial charge in [0, 0.05) is 31.5 Å². The maximum atomic E-state index is 12.3. The van der Waals surface area contributed by atoms with E-state index in [1.165, 1.54) is 0 Å². The molecule has 23 heavy (non-hydrogen) atoms. The summed E-state index contributed by atoms with van der Waals surface area (Å²) in [5, 5.41) is 3.05. The van der Waals surface area contributed by atoms with Crippen LogP contribution in [-0.2, 0) is 4.79 Å². The van der Waals surface area contributed by atoms with Gasteiger partial charge in [-0.1, -0.05) is 0 Å². The second-order valence-electron chi connectivity index (χ2n) is 6.46. The molecule has 6 heteroatoms. The summed E-state index contributed by atoms with van der Waals surface area (Å²) in [6, 6.07) is 1.45. The Bertz CT molecular complexity index is 565. The standard InChI is InChI=1S/C17H26N4O2/c1-11-8-15(10-19-9-11)16(22)20-13(3)14-4-6-21(7-5-14)17(23)12(2)18/h8-10,12-14H,4-7,18H2,1-3H3,(H,20,22)/t12-,13?/m0/s1.